The number of hydrogen-bond donors (Lipinski definition) is 1. The second kappa shape index (κ2) is 7.51. The monoisotopic (exact) mass is 436 g/mol. The van der Waals surface area contributed by atoms with Crippen LogP contribution in [0.3, 0.4) is 0 Å². The molecule has 132 valence electrons. The summed E-state index contributed by atoms with van der Waals surface area (Å²) in [5.74, 6) is -0.186. The Labute approximate surface area is 170 Å². The van der Waals surface area contributed by atoms with Gasteiger partial charge in [-0.1, -0.05) is 57.9 Å². The summed E-state index contributed by atoms with van der Waals surface area (Å²) in [4.78, 5) is 17.7. The highest BCUT2D eigenvalue weighted by atomic mass is 79.9. The number of nitrogens with zero attached hydrogens (tertiary/aromatic N) is 1. The molecule has 4 aromatic rings. The normalized spacial score (nSPS) is 10.7. The summed E-state index contributed by atoms with van der Waals surface area (Å²) in [5.41, 5.74) is 3.75. The molecule has 4 rings (SSSR count). The molecule has 0 saturated heterocycles. The van der Waals surface area contributed by atoms with E-state index in [2.05, 4.69) is 21.2 Å². The minimum atomic E-state index is -0.186. The lowest BCUT2D eigenvalue weighted by molar-refractivity contribution is 0.102. The van der Waals surface area contributed by atoms with Crippen molar-refractivity contribution in [2.75, 3.05) is 5.32 Å². The second-order valence-corrected chi connectivity index (χ2v) is 7.39. The van der Waals surface area contributed by atoms with Crippen molar-refractivity contribution in [1.82, 2.24) is 4.98 Å². The van der Waals surface area contributed by atoms with Gasteiger partial charge in [0.1, 0.15) is 0 Å². The highest BCUT2D eigenvalue weighted by molar-refractivity contribution is 9.10. The molecule has 0 fully saturated rings. The number of amides is 1. The maximum absolute atomic E-state index is 13.0. The van der Waals surface area contributed by atoms with Crippen molar-refractivity contribution in [3.05, 3.63) is 93.9 Å². The first-order valence-electron chi connectivity index (χ1n) is 8.33. The summed E-state index contributed by atoms with van der Waals surface area (Å²) in [6.07, 6.45) is 0. The summed E-state index contributed by atoms with van der Waals surface area (Å²) in [6, 6.07) is 24.4. The van der Waals surface area contributed by atoms with Crippen LogP contribution in [0.25, 0.3) is 22.2 Å². The Hall–Kier alpha value is -2.69. The summed E-state index contributed by atoms with van der Waals surface area (Å²) in [6.45, 7) is 0. The topological polar surface area (TPSA) is 42.0 Å². The van der Waals surface area contributed by atoms with Gasteiger partial charge < -0.3 is 5.32 Å². The van der Waals surface area contributed by atoms with Crippen molar-refractivity contribution in [2.24, 2.45) is 0 Å². The molecule has 0 unspecified atom stereocenters. The Balaban J connectivity index is 1.79. The first kappa shape index (κ1) is 17.7. The summed E-state index contributed by atoms with van der Waals surface area (Å²) in [5, 5.41) is 4.37. The molecule has 1 aromatic heterocycles. The largest absolute Gasteiger partial charge is 0.322 e. The van der Waals surface area contributed by atoms with E-state index >= 15 is 0 Å². The SMILES string of the molecule is O=C(Nc1ccc(Cl)cc1)c1cc(-c2ccc(Br)cc2)nc2ccccc12. The van der Waals surface area contributed by atoms with Crippen LogP contribution in [-0.4, -0.2) is 10.9 Å². The maximum atomic E-state index is 13.0. The van der Waals surface area contributed by atoms with Gasteiger partial charge in [-0.3, -0.25) is 4.79 Å². The fourth-order valence-electron chi connectivity index (χ4n) is 2.86. The molecular weight excluding hydrogens is 424 g/mol. The third-order valence-corrected chi connectivity index (χ3v) is 4.98. The molecule has 0 saturated carbocycles. The molecule has 27 heavy (non-hydrogen) atoms. The number of carbonyl (C=O) groups excluding carboxylic acids is 1. The fraction of sp³-hybridized carbons (Fsp3) is 0. The number of anilines is 1. The molecule has 3 aromatic carbocycles. The van der Waals surface area contributed by atoms with Crippen LogP contribution < -0.4 is 5.32 Å². The van der Waals surface area contributed by atoms with Crippen molar-refractivity contribution in [2.45, 2.75) is 0 Å². The van der Waals surface area contributed by atoms with E-state index in [0.29, 0.717) is 16.3 Å². The molecule has 0 spiro atoms. The van der Waals surface area contributed by atoms with Crippen LogP contribution in [0.4, 0.5) is 5.69 Å². The molecule has 0 radical (unpaired) electrons. The third-order valence-electron chi connectivity index (χ3n) is 4.20. The van der Waals surface area contributed by atoms with Gasteiger partial charge in [0.05, 0.1) is 16.8 Å². The molecule has 0 aliphatic heterocycles. The standard InChI is InChI=1S/C22H14BrClN2O/c23-15-7-5-14(6-8-15)21-13-19(18-3-1-2-4-20(18)26-21)22(27)25-17-11-9-16(24)10-12-17/h1-13H,(H,25,27). The summed E-state index contributed by atoms with van der Waals surface area (Å²) >= 11 is 9.36. The van der Waals surface area contributed by atoms with Crippen molar-refractivity contribution < 1.29 is 4.79 Å². The number of halogens is 2. The molecular formula is C22H14BrClN2O. The van der Waals surface area contributed by atoms with Crippen LogP contribution in [0.1, 0.15) is 10.4 Å². The maximum Gasteiger partial charge on any atom is 0.256 e. The molecule has 0 bridgehead atoms. The van der Waals surface area contributed by atoms with Crippen LogP contribution in [0.2, 0.25) is 5.02 Å². The van der Waals surface area contributed by atoms with Crippen molar-refractivity contribution >= 4 is 50.0 Å². The van der Waals surface area contributed by atoms with Gasteiger partial charge in [-0.05, 0) is 48.5 Å². The number of nitrogens with one attached hydrogen (secondary N) is 1. The number of rotatable bonds is 3. The Morgan fingerprint density at radius 3 is 2.37 bits per heavy atom. The van der Waals surface area contributed by atoms with E-state index in [0.717, 1.165) is 26.6 Å². The fourth-order valence-corrected chi connectivity index (χ4v) is 3.25. The first-order chi connectivity index (χ1) is 13.1. The van der Waals surface area contributed by atoms with Crippen LogP contribution in [-0.2, 0) is 0 Å². The number of pyridine rings is 1. The van der Waals surface area contributed by atoms with Gasteiger partial charge in [0, 0.05) is 26.1 Å². The lowest BCUT2D eigenvalue weighted by Gasteiger charge is -2.11. The van der Waals surface area contributed by atoms with E-state index in [1.54, 1.807) is 24.3 Å². The third kappa shape index (κ3) is 3.87. The number of aromatic nitrogens is 1. The minimum Gasteiger partial charge on any atom is -0.322 e. The smallest absolute Gasteiger partial charge is 0.256 e. The molecule has 0 aliphatic rings. The molecule has 1 N–H and O–H groups in total. The van der Waals surface area contributed by atoms with Gasteiger partial charge in [-0.2, -0.15) is 0 Å². The average Bonchev–Trinajstić information content (AvgIpc) is 2.69. The number of benzene rings is 3. The van der Waals surface area contributed by atoms with Gasteiger partial charge in [-0.25, -0.2) is 4.98 Å². The van der Waals surface area contributed by atoms with Gasteiger partial charge in [-0.15, -0.1) is 0 Å². The predicted octanol–water partition coefficient (Wildman–Crippen LogP) is 6.57. The number of hydrogen-bond acceptors (Lipinski definition) is 2. The summed E-state index contributed by atoms with van der Waals surface area (Å²) < 4.78 is 0.993. The van der Waals surface area contributed by atoms with E-state index in [-0.39, 0.29) is 5.91 Å². The Bertz CT molecular complexity index is 1130. The van der Waals surface area contributed by atoms with E-state index < -0.39 is 0 Å². The highest BCUT2D eigenvalue weighted by Gasteiger charge is 2.14. The average molecular weight is 438 g/mol. The van der Waals surface area contributed by atoms with Crippen molar-refractivity contribution in [1.29, 1.82) is 0 Å². The van der Waals surface area contributed by atoms with E-state index in [9.17, 15) is 4.79 Å². The quantitative estimate of drug-likeness (QED) is 0.394. The molecule has 0 atom stereocenters. The zero-order chi connectivity index (χ0) is 18.8. The Morgan fingerprint density at radius 1 is 0.926 bits per heavy atom. The molecule has 1 heterocycles. The number of carbonyl (C=O) groups is 1. The van der Waals surface area contributed by atoms with Crippen LogP contribution in [0.5, 0.6) is 0 Å². The zero-order valence-corrected chi connectivity index (χ0v) is 16.5. The second-order valence-electron chi connectivity index (χ2n) is 6.04. The highest BCUT2D eigenvalue weighted by Crippen LogP contribution is 2.27. The Morgan fingerprint density at radius 2 is 1.63 bits per heavy atom. The van der Waals surface area contributed by atoms with Crippen molar-refractivity contribution in [3.63, 3.8) is 0 Å². The minimum absolute atomic E-state index is 0.186. The zero-order valence-electron chi connectivity index (χ0n) is 14.1. The lowest BCUT2D eigenvalue weighted by atomic mass is 10.0. The van der Waals surface area contributed by atoms with Crippen LogP contribution >= 0.6 is 27.5 Å². The lowest BCUT2D eigenvalue weighted by Crippen LogP contribution is -2.13. The number of fused-ring (bicyclic) bond motifs is 1. The van der Waals surface area contributed by atoms with Gasteiger partial charge in [0.2, 0.25) is 0 Å². The molecule has 0 aliphatic carbocycles. The van der Waals surface area contributed by atoms with Gasteiger partial charge in [0.15, 0.2) is 0 Å². The van der Waals surface area contributed by atoms with Crippen LogP contribution in [0, 0.1) is 0 Å². The van der Waals surface area contributed by atoms with Gasteiger partial charge >= 0.3 is 0 Å². The molecule has 3 nitrogen and oxygen atoms in total. The van der Waals surface area contributed by atoms with Gasteiger partial charge in [0.25, 0.3) is 5.91 Å². The molecule has 5 heteroatoms. The van der Waals surface area contributed by atoms with E-state index in [4.69, 9.17) is 16.6 Å². The van der Waals surface area contributed by atoms with E-state index in [1.165, 1.54) is 0 Å². The predicted molar refractivity (Wildman–Crippen MR) is 114 cm³/mol. The molecule has 1 amide bonds. The van der Waals surface area contributed by atoms with E-state index in [1.807, 2.05) is 54.6 Å². The first-order valence-corrected chi connectivity index (χ1v) is 9.50. The number of para-hydroxylation sites is 1. The van der Waals surface area contributed by atoms with Crippen LogP contribution in [0.15, 0.2) is 83.3 Å². The van der Waals surface area contributed by atoms with Crippen molar-refractivity contribution in [3.8, 4) is 11.3 Å². The summed E-state index contributed by atoms with van der Waals surface area (Å²) in [7, 11) is 0. The Kier molecular flexibility index (Phi) is 4.92.